The van der Waals surface area contributed by atoms with E-state index in [9.17, 15) is 13.2 Å². The minimum Gasteiger partial charge on any atom is -0.487 e. The van der Waals surface area contributed by atoms with Crippen LogP contribution in [0.25, 0.3) is 0 Å². The Kier molecular flexibility index (Phi) is 2.94. The minimum atomic E-state index is -4.51. The SMILES string of the molecule is N#Cc1ccc(OC2CNC2)c(C(F)(F)F)c1. The van der Waals surface area contributed by atoms with E-state index in [1.807, 2.05) is 0 Å². The van der Waals surface area contributed by atoms with Gasteiger partial charge in [0, 0.05) is 13.1 Å². The van der Waals surface area contributed by atoms with Crippen LogP contribution in [0.5, 0.6) is 5.75 Å². The third-order valence-electron chi connectivity index (χ3n) is 2.45. The van der Waals surface area contributed by atoms with Crippen molar-refractivity contribution in [2.24, 2.45) is 0 Å². The van der Waals surface area contributed by atoms with Crippen molar-refractivity contribution in [3.8, 4) is 11.8 Å². The van der Waals surface area contributed by atoms with Crippen LogP contribution in [-0.4, -0.2) is 19.2 Å². The number of benzene rings is 1. The van der Waals surface area contributed by atoms with Crippen molar-refractivity contribution in [1.29, 1.82) is 5.26 Å². The molecule has 0 radical (unpaired) electrons. The van der Waals surface area contributed by atoms with E-state index in [1.165, 1.54) is 12.1 Å². The van der Waals surface area contributed by atoms with Gasteiger partial charge in [-0.3, -0.25) is 0 Å². The maximum Gasteiger partial charge on any atom is 0.420 e. The van der Waals surface area contributed by atoms with Gasteiger partial charge >= 0.3 is 6.18 Å². The number of nitrogens with zero attached hydrogens (tertiary/aromatic N) is 1. The average molecular weight is 242 g/mol. The number of alkyl halides is 3. The number of hydrogen-bond acceptors (Lipinski definition) is 3. The van der Waals surface area contributed by atoms with Gasteiger partial charge in [-0.1, -0.05) is 0 Å². The molecule has 1 aromatic carbocycles. The molecule has 0 aliphatic carbocycles. The highest BCUT2D eigenvalue weighted by atomic mass is 19.4. The molecule has 1 aromatic rings. The van der Waals surface area contributed by atoms with Gasteiger partial charge < -0.3 is 10.1 Å². The molecule has 1 heterocycles. The highest BCUT2D eigenvalue weighted by molar-refractivity contribution is 5.43. The van der Waals surface area contributed by atoms with E-state index < -0.39 is 11.7 Å². The van der Waals surface area contributed by atoms with Crippen LogP contribution < -0.4 is 10.1 Å². The third-order valence-corrected chi connectivity index (χ3v) is 2.45. The maximum atomic E-state index is 12.7. The molecule has 17 heavy (non-hydrogen) atoms. The molecule has 0 bridgehead atoms. The predicted molar refractivity (Wildman–Crippen MR) is 53.4 cm³/mol. The molecular formula is C11H9F3N2O. The monoisotopic (exact) mass is 242 g/mol. The minimum absolute atomic E-state index is 0.0311. The van der Waals surface area contributed by atoms with Crippen molar-refractivity contribution in [1.82, 2.24) is 5.32 Å². The van der Waals surface area contributed by atoms with Gasteiger partial charge in [0.05, 0.1) is 17.2 Å². The fourth-order valence-corrected chi connectivity index (χ4v) is 1.45. The molecular weight excluding hydrogens is 233 g/mol. The van der Waals surface area contributed by atoms with E-state index in [2.05, 4.69) is 5.32 Å². The molecule has 0 amide bonds. The van der Waals surface area contributed by atoms with E-state index in [1.54, 1.807) is 6.07 Å². The van der Waals surface area contributed by atoms with Gasteiger partial charge in [-0.2, -0.15) is 18.4 Å². The third kappa shape index (κ3) is 2.50. The second kappa shape index (κ2) is 4.26. The predicted octanol–water partition coefficient (Wildman–Crippen LogP) is 1.93. The molecule has 0 spiro atoms. The summed E-state index contributed by atoms with van der Waals surface area (Å²) in [6.45, 7) is 1.08. The molecule has 6 heteroatoms. The highest BCUT2D eigenvalue weighted by Gasteiger charge is 2.35. The van der Waals surface area contributed by atoms with Gasteiger partial charge in [0.2, 0.25) is 0 Å². The molecule has 90 valence electrons. The Bertz CT molecular complexity index is 461. The fourth-order valence-electron chi connectivity index (χ4n) is 1.45. The summed E-state index contributed by atoms with van der Waals surface area (Å²) < 4.78 is 43.4. The number of nitriles is 1. The smallest absolute Gasteiger partial charge is 0.420 e. The number of hydrogen-bond donors (Lipinski definition) is 1. The van der Waals surface area contributed by atoms with Gasteiger partial charge in [0.25, 0.3) is 0 Å². The lowest BCUT2D eigenvalue weighted by Gasteiger charge is -2.29. The second-order valence-corrected chi connectivity index (χ2v) is 3.72. The topological polar surface area (TPSA) is 45.0 Å². The van der Waals surface area contributed by atoms with Crippen molar-refractivity contribution in [2.75, 3.05) is 13.1 Å². The molecule has 1 aliphatic rings. The molecule has 0 atom stereocenters. The van der Waals surface area contributed by atoms with Crippen molar-refractivity contribution in [2.45, 2.75) is 12.3 Å². The standard InChI is InChI=1S/C11H9F3N2O/c12-11(13,14)9-3-7(4-15)1-2-10(9)17-8-5-16-6-8/h1-3,8,16H,5-6H2. The molecule has 1 aliphatic heterocycles. The van der Waals surface area contributed by atoms with Crippen LogP contribution in [0.15, 0.2) is 18.2 Å². The van der Waals surface area contributed by atoms with Crippen LogP contribution in [0, 0.1) is 11.3 Å². The van der Waals surface area contributed by atoms with E-state index in [4.69, 9.17) is 10.00 Å². The first-order valence-corrected chi connectivity index (χ1v) is 4.99. The Balaban J connectivity index is 2.33. The van der Waals surface area contributed by atoms with E-state index >= 15 is 0 Å². The fraction of sp³-hybridized carbons (Fsp3) is 0.364. The zero-order valence-corrected chi connectivity index (χ0v) is 8.71. The summed E-state index contributed by atoms with van der Waals surface area (Å²) in [6.07, 6.45) is -4.75. The maximum absolute atomic E-state index is 12.7. The molecule has 2 rings (SSSR count). The van der Waals surface area contributed by atoms with Gasteiger partial charge in [0.15, 0.2) is 0 Å². The van der Waals surface area contributed by atoms with Crippen LogP contribution in [0.1, 0.15) is 11.1 Å². The molecule has 0 unspecified atom stereocenters. The Labute approximate surface area is 95.8 Å². The summed E-state index contributed by atoms with van der Waals surface area (Å²) >= 11 is 0. The Morgan fingerprint density at radius 1 is 1.35 bits per heavy atom. The van der Waals surface area contributed by atoms with Crippen LogP contribution in [0.4, 0.5) is 13.2 Å². The molecule has 1 N–H and O–H groups in total. The highest BCUT2D eigenvalue weighted by Crippen LogP contribution is 2.37. The number of rotatable bonds is 2. The zero-order valence-electron chi connectivity index (χ0n) is 8.71. The van der Waals surface area contributed by atoms with Crippen LogP contribution in [-0.2, 0) is 6.18 Å². The Morgan fingerprint density at radius 3 is 2.53 bits per heavy atom. The summed E-state index contributed by atoms with van der Waals surface area (Å²) in [4.78, 5) is 0. The molecule has 3 nitrogen and oxygen atoms in total. The number of nitrogens with one attached hydrogen (secondary N) is 1. The molecule has 0 saturated carbocycles. The van der Waals surface area contributed by atoms with Gasteiger partial charge in [-0.15, -0.1) is 0 Å². The average Bonchev–Trinajstić information content (AvgIpc) is 2.22. The summed E-state index contributed by atoms with van der Waals surface area (Å²) in [6, 6.07) is 5.00. The van der Waals surface area contributed by atoms with Crippen molar-refractivity contribution in [3.63, 3.8) is 0 Å². The molecule has 0 aromatic heterocycles. The first-order valence-electron chi connectivity index (χ1n) is 4.99. The summed E-state index contributed by atoms with van der Waals surface area (Å²) in [5, 5.41) is 11.5. The quantitative estimate of drug-likeness (QED) is 0.861. The lowest BCUT2D eigenvalue weighted by Crippen LogP contribution is -2.50. The molecule has 1 saturated heterocycles. The first kappa shape index (κ1) is 11.7. The van der Waals surface area contributed by atoms with Crippen molar-refractivity contribution >= 4 is 0 Å². The van der Waals surface area contributed by atoms with Crippen molar-refractivity contribution < 1.29 is 17.9 Å². The lowest BCUT2D eigenvalue weighted by atomic mass is 10.1. The summed E-state index contributed by atoms with van der Waals surface area (Å²) in [7, 11) is 0. The number of ether oxygens (including phenoxy) is 1. The van der Waals surface area contributed by atoms with E-state index in [0.717, 1.165) is 6.07 Å². The largest absolute Gasteiger partial charge is 0.487 e. The zero-order chi connectivity index (χ0) is 12.5. The van der Waals surface area contributed by atoms with Gasteiger partial charge in [-0.25, -0.2) is 0 Å². The lowest BCUT2D eigenvalue weighted by molar-refractivity contribution is -0.139. The first-order chi connectivity index (χ1) is 8.00. The van der Waals surface area contributed by atoms with Gasteiger partial charge in [-0.05, 0) is 18.2 Å². The van der Waals surface area contributed by atoms with E-state index in [0.29, 0.717) is 13.1 Å². The number of halogens is 3. The summed E-state index contributed by atoms with van der Waals surface area (Å²) in [5.74, 6) is -0.219. The normalized spacial score (nSPS) is 16.1. The Hall–Kier alpha value is -1.74. The van der Waals surface area contributed by atoms with Crippen LogP contribution in [0.2, 0.25) is 0 Å². The second-order valence-electron chi connectivity index (χ2n) is 3.72. The Morgan fingerprint density at radius 2 is 2.06 bits per heavy atom. The summed E-state index contributed by atoms with van der Waals surface area (Å²) in [5.41, 5.74) is -0.931. The van der Waals surface area contributed by atoms with E-state index in [-0.39, 0.29) is 17.4 Å². The van der Waals surface area contributed by atoms with Crippen molar-refractivity contribution in [3.05, 3.63) is 29.3 Å². The van der Waals surface area contributed by atoms with Crippen LogP contribution >= 0.6 is 0 Å². The van der Waals surface area contributed by atoms with Crippen LogP contribution in [0.3, 0.4) is 0 Å². The molecule has 1 fully saturated rings. The van der Waals surface area contributed by atoms with Gasteiger partial charge in [0.1, 0.15) is 11.9 Å².